The minimum atomic E-state index is -0.0815. The van der Waals surface area contributed by atoms with Crippen LogP contribution in [0.3, 0.4) is 0 Å². The molecule has 0 atom stereocenters. The zero-order valence-corrected chi connectivity index (χ0v) is 14.5. The molecule has 7 heteroatoms. The molecule has 6 nitrogen and oxygen atoms in total. The van der Waals surface area contributed by atoms with Crippen molar-refractivity contribution in [2.45, 2.75) is 6.42 Å². The minimum Gasteiger partial charge on any atom is -0.492 e. The number of imidazole rings is 1. The summed E-state index contributed by atoms with van der Waals surface area (Å²) in [6.45, 7) is 1.50. The monoisotopic (exact) mass is 344 g/mol. The number of anilines is 1. The maximum atomic E-state index is 12.1. The lowest BCUT2D eigenvalue weighted by molar-refractivity contribution is -0.115. The first-order chi connectivity index (χ1) is 11.6. The van der Waals surface area contributed by atoms with Gasteiger partial charge in [-0.05, 0) is 38.4 Å². The van der Waals surface area contributed by atoms with E-state index in [0.717, 1.165) is 28.6 Å². The van der Waals surface area contributed by atoms with E-state index in [4.69, 9.17) is 4.74 Å². The molecule has 24 heavy (non-hydrogen) atoms. The molecule has 1 N–H and O–H groups in total. The van der Waals surface area contributed by atoms with Crippen LogP contribution in [0.4, 0.5) is 5.69 Å². The van der Waals surface area contributed by atoms with Crippen LogP contribution < -0.4 is 10.1 Å². The van der Waals surface area contributed by atoms with Crippen molar-refractivity contribution in [3.63, 3.8) is 0 Å². The van der Waals surface area contributed by atoms with Crippen molar-refractivity contribution in [1.82, 2.24) is 14.3 Å². The number of benzene rings is 1. The first-order valence-electron chi connectivity index (χ1n) is 7.69. The Labute approximate surface area is 144 Å². The van der Waals surface area contributed by atoms with Gasteiger partial charge in [0.05, 0.1) is 12.1 Å². The lowest BCUT2D eigenvalue weighted by Gasteiger charge is -2.11. The van der Waals surface area contributed by atoms with E-state index in [9.17, 15) is 4.79 Å². The first-order valence-corrected chi connectivity index (χ1v) is 8.56. The van der Waals surface area contributed by atoms with Gasteiger partial charge >= 0.3 is 0 Å². The fourth-order valence-electron chi connectivity index (χ4n) is 2.21. The SMILES string of the molecule is CN(C)CCOc1ccc(NC(=O)Cc2cn3ccsc3n2)cc1. The molecule has 0 aliphatic carbocycles. The zero-order valence-electron chi connectivity index (χ0n) is 13.7. The summed E-state index contributed by atoms with van der Waals surface area (Å²) in [5.41, 5.74) is 1.52. The first kappa shape index (κ1) is 16.5. The van der Waals surface area contributed by atoms with Gasteiger partial charge in [0.1, 0.15) is 12.4 Å². The van der Waals surface area contributed by atoms with E-state index in [1.165, 1.54) is 0 Å². The summed E-state index contributed by atoms with van der Waals surface area (Å²) in [5.74, 6) is 0.714. The Bertz CT molecular complexity index is 779. The molecule has 1 amide bonds. The van der Waals surface area contributed by atoms with Gasteiger partial charge in [0.2, 0.25) is 5.91 Å². The van der Waals surface area contributed by atoms with Crippen LogP contribution in [0.25, 0.3) is 4.96 Å². The summed E-state index contributed by atoms with van der Waals surface area (Å²) in [7, 11) is 4.01. The number of carbonyl (C=O) groups is 1. The fraction of sp³-hybridized carbons (Fsp3) is 0.294. The Morgan fingerprint density at radius 1 is 1.33 bits per heavy atom. The Morgan fingerprint density at radius 3 is 2.83 bits per heavy atom. The van der Waals surface area contributed by atoms with E-state index in [2.05, 4.69) is 15.2 Å². The Hall–Kier alpha value is -2.38. The summed E-state index contributed by atoms with van der Waals surface area (Å²) in [6, 6.07) is 7.40. The van der Waals surface area contributed by atoms with Crippen LogP contribution in [-0.4, -0.2) is 47.4 Å². The van der Waals surface area contributed by atoms with Crippen LogP contribution in [0, 0.1) is 0 Å². The average Bonchev–Trinajstić information content (AvgIpc) is 3.10. The summed E-state index contributed by atoms with van der Waals surface area (Å²) < 4.78 is 7.56. The summed E-state index contributed by atoms with van der Waals surface area (Å²) >= 11 is 1.55. The molecule has 0 fully saturated rings. The van der Waals surface area contributed by atoms with E-state index in [1.807, 2.05) is 60.5 Å². The highest BCUT2D eigenvalue weighted by atomic mass is 32.1. The molecule has 126 valence electrons. The molecule has 0 spiro atoms. The van der Waals surface area contributed by atoms with Gasteiger partial charge in [0, 0.05) is 30.0 Å². The smallest absolute Gasteiger partial charge is 0.230 e. The molecule has 0 saturated heterocycles. The summed E-state index contributed by atoms with van der Waals surface area (Å²) in [4.78, 5) is 19.5. The normalized spacial score (nSPS) is 11.1. The van der Waals surface area contributed by atoms with Gasteiger partial charge < -0.3 is 15.0 Å². The number of carbonyl (C=O) groups excluding carboxylic acids is 1. The van der Waals surface area contributed by atoms with Crippen LogP contribution in [-0.2, 0) is 11.2 Å². The maximum Gasteiger partial charge on any atom is 0.230 e. The van der Waals surface area contributed by atoms with Crippen LogP contribution >= 0.6 is 11.3 Å². The number of rotatable bonds is 7. The molecular weight excluding hydrogens is 324 g/mol. The highest BCUT2D eigenvalue weighted by Gasteiger charge is 2.09. The third-order valence-corrected chi connectivity index (χ3v) is 4.20. The van der Waals surface area contributed by atoms with Crippen LogP contribution in [0.15, 0.2) is 42.0 Å². The number of thiazole rings is 1. The van der Waals surface area contributed by atoms with Crippen molar-refractivity contribution in [3.8, 4) is 5.75 Å². The predicted molar refractivity (Wildman–Crippen MR) is 95.9 cm³/mol. The van der Waals surface area contributed by atoms with Gasteiger partial charge in [-0.15, -0.1) is 11.3 Å². The Kier molecular flexibility index (Phi) is 5.12. The number of ether oxygens (including phenoxy) is 1. The number of hydrogen-bond donors (Lipinski definition) is 1. The third kappa shape index (κ3) is 4.33. The molecular formula is C17H20N4O2S. The predicted octanol–water partition coefficient (Wildman–Crippen LogP) is 2.52. The number of nitrogens with one attached hydrogen (secondary N) is 1. The molecule has 0 unspecified atom stereocenters. The minimum absolute atomic E-state index is 0.0815. The lowest BCUT2D eigenvalue weighted by atomic mass is 10.2. The molecule has 0 bridgehead atoms. The molecule has 3 aromatic rings. The van der Waals surface area contributed by atoms with E-state index < -0.39 is 0 Å². The number of nitrogens with zero attached hydrogens (tertiary/aromatic N) is 3. The second kappa shape index (κ2) is 7.46. The molecule has 0 radical (unpaired) electrons. The van der Waals surface area contributed by atoms with E-state index in [-0.39, 0.29) is 12.3 Å². The number of likely N-dealkylation sites (N-methyl/N-ethyl adjacent to an activating group) is 1. The molecule has 0 aliphatic heterocycles. The van der Waals surface area contributed by atoms with E-state index in [0.29, 0.717) is 6.61 Å². The maximum absolute atomic E-state index is 12.1. The van der Waals surface area contributed by atoms with Gasteiger partial charge in [-0.25, -0.2) is 4.98 Å². The van der Waals surface area contributed by atoms with Crippen molar-refractivity contribution in [2.24, 2.45) is 0 Å². The zero-order chi connectivity index (χ0) is 16.9. The van der Waals surface area contributed by atoms with Crippen molar-refractivity contribution < 1.29 is 9.53 Å². The summed E-state index contributed by atoms with van der Waals surface area (Å²) in [6.07, 6.45) is 4.08. The standard InChI is InChI=1S/C17H20N4O2S/c1-20(2)7-9-23-15-5-3-13(4-6-15)18-16(22)11-14-12-21-8-10-24-17(21)19-14/h3-6,8,10,12H,7,9,11H2,1-2H3,(H,18,22). The van der Waals surface area contributed by atoms with Gasteiger partial charge in [0.15, 0.2) is 4.96 Å². The van der Waals surface area contributed by atoms with Gasteiger partial charge in [-0.3, -0.25) is 9.20 Å². The van der Waals surface area contributed by atoms with Crippen molar-refractivity contribution in [1.29, 1.82) is 0 Å². The Balaban J connectivity index is 1.51. The summed E-state index contributed by atoms with van der Waals surface area (Å²) in [5, 5.41) is 4.85. The van der Waals surface area contributed by atoms with Crippen LogP contribution in [0.2, 0.25) is 0 Å². The number of amides is 1. The molecule has 1 aromatic carbocycles. The van der Waals surface area contributed by atoms with Crippen molar-refractivity contribution in [3.05, 3.63) is 47.7 Å². The van der Waals surface area contributed by atoms with E-state index in [1.54, 1.807) is 11.3 Å². The molecule has 3 rings (SSSR count). The fourth-order valence-corrected chi connectivity index (χ4v) is 2.93. The quantitative estimate of drug-likeness (QED) is 0.715. The topological polar surface area (TPSA) is 58.9 Å². The molecule has 2 heterocycles. The number of hydrogen-bond acceptors (Lipinski definition) is 5. The average molecular weight is 344 g/mol. The van der Waals surface area contributed by atoms with E-state index >= 15 is 0 Å². The number of fused-ring (bicyclic) bond motifs is 1. The second-order valence-corrected chi connectivity index (χ2v) is 6.60. The highest BCUT2D eigenvalue weighted by molar-refractivity contribution is 7.15. The van der Waals surface area contributed by atoms with Gasteiger partial charge in [-0.2, -0.15) is 0 Å². The lowest BCUT2D eigenvalue weighted by Crippen LogP contribution is -2.19. The largest absolute Gasteiger partial charge is 0.492 e. The van der Waals surface area contributed by atoms with Gasteiger partial charge in [-0.1, -0.05) is 0 Å². The third-order valence-electron chi connectivity index (χ3n) is 3.43. The van der Waals surface area contributed by atoms with Crippen molar-refractivity contribution >= 4 is 27.9 Å². The number of aromatic nitrogens is 2. The second-order valence-electron chi connectivity index (χ2n) is 5.73. The van der Waals surface area contributed by atoms with Crippen LogP contribution in [0.1, 0.15) is 5.69 Å². The molecule has 2 aromatic heterocycles. The Morgan fingerprint density at radius 2 is 2.12 bits per heavy atom. The van der Waals surface area contributed by atoms with Crippen LogP contribution in [0.5, 0.6) is 5.75 Å². The molecule has 0 saturated carbocycles. The highest BCUT2D eigenvalue weighted by Crippen LogP contribution is 2.16. The van der Waals surface area contributed by atoms with Crippen molar-refractivity contribution in [2.75, 3.05) is 32.6 Å². The molecule has 0 aliphatic rings. The van der Waals surface area contributed by atoms with Gasteiger partial charge in [0.25, 0.3) is 0 Å².